The van der Waals surface area contributed by atoms with E-state index in [1.165, 1.54) is 0 Å². The number of unbranched alkanes of at least 4 members (excludes halogenated alkanes) is 1. The second-order valence-electron chi connectivity index (χ2n) is 17.7. The minimum atomic E-state index is -0.993. The van der Waals surface area contributed by atoms with Gasteiger partial charge in [-0.1, -0.05) is 103 Å². The monoisotopic (exact) mass is 863 g/mol. The smallest absolute Gasteiger partial charge is 0.317 e. The maximum atomic E-state index is 14.0. The van der Waals surface area contributed by atoms with Crippen LogP contribution in [0.15, 0.2) is 0 Å². The third-order valence-corrected chi connectivity index (χ3v) is 14.6. The summed E-state index contributed by atoms with van der Waals surface area (Å²) in [6.45, 7) is 10.1. The highest BCUT2D eigenvalue weighted by atomic mass is 16.6. The summed E-state index contributed by atoms with van der Waals surface area (Å²) in [6, 6.07) is 0. The minimum Gasteiger partial charge on any atom is -0.481 e. The zero-order chi connectivity index (χ0) is 34.4. The Balaban J connectivity index is -0.000000607. The number of aliphatic hydroxyl groups excluding tert-OH is 1. The van der Waals surface area contributed by atoms with Gasteiger partial charge in [-0.05, 0) is 143 Å². The van der Waals surface area contributed by atoms with Crippen molar-refractivity contribution in [3.63, 3.8) is 0 Å². The molecule has 6 aliphatic carbocycles. The lowest BCUT2D eigenvalue weighted by Gasteiger charge is -2.48. The first-order chi connectivity index (χ1) is 22.7. The van der Waals surface area contributed by atoms with Gasteiger partial charge in [0.15, 0.2) is 0 Å². The number of esters is 4. The molecule has 0 spiro atoms. The van der Waals surface area contributed by atoms with Gasteiger partial charge in [0, 0.05) is 6.61 Å². The molecule has 17 unspecified atom stereocenters. The van der Waals surface area contributed by atoms with Crippen LogP contribution < -0.4 is 0 Å². The molecule has 1 heterocycles. The summed E-state index contributed by atoms with van der Waals surface area (Å²) in [5.41, 5.74) is -0.660. The lowest BCUT2D eigenvalue weighted by Crippen LogP contribution is -2.51. The number of carbonyl (C=O) groups excluding carboxylic acids is 4. The van der Waals surface area contributed by atoms with E-state index in [1.807, 2.05) is 20.8 Å². The molecule has 0 amide bonds. The quantitative estimate of drug-likeness (QED) is 0.0939. The fourth-order valence-corrected chi connectivity index (χ4v) is 13.3. The Hall–Kier alpha value is -2.49. The number of rotatable bonds is 10. The van der Waals surface area contributed by atoms with Crippen molar-refractivity contribution in [2.24, 2.45) is 101 Å². The van der Waals surface area contributed by atoms with Crippen LogP contribution in [0.25, 0.3) is 0 Å². The number of hydrogen-bond acceptors (Lipinski definition) is 9. The normalized spacial score (nSPS) is 37.7. The molecule has 2 N–H and O–H groups in total. The van der Waals surface area contributed by atoms with E-state index in [1.54, 1.807) is 0 Å². The SMILES string of the molecule is C.C.C.C.C.C.C.C.C.C.C.C.CC1C2CCC(C2)C1C1C(=O)OC(=O)C1C1C2CC(CC2C(=O)OC(C)(C)C)C1C1C(C)C2CC1C(C(=O)O)C2C(=O)OCCCCO. The van der Waals surface area contributed by atoms with Gasteiger partial charge in [0.05, 0.1) is 36.2 Å². The van der Waals surface area contributed by atoms with Crippen molar-refractivity contribution in [1.29, 1.82) is 0 Å². The van der Waals surface area contributed by atoms with Crippen molar-refractivity contribution in [2.45, 2.75) is 181 Å². The topological polar surface area (TPSA) is 154 Å². The molecule has 0 aromatic carbocycles. The summed E-state index contributed by atoms with van der Waals surface area (Å²) in [7, 11) is 0. The Labute approximate surface area is 371 Å². The van der Waals surface area contributed by atoms with Gasteiger partial charge < -0.3 is 24.4 Å². The third kappa shape index (κ3) is 11.2. The number of carboxylic acids is 1. The van der Waals surface area contributed by atoms with Crippen LogP contribution in [-0.2, 0) is 38.2 Å². The molecule has 17 atom stereocenters. The van der Waals surface area contributed by atoms with Gasteiger partial charge in [-0.15, -0.1) is 0 Å². The average Bonchev–Trinajstić information content (AvgIpc) is 3.86. The van der Waals surface area contributed by atoms with E-state index in [0.717, 1.165) is 25.7 Å². The zero-order valence-electron chi connectivity index (χ0n) is 29.0. The molecule has 1 aliphatic heterocycles. The second-order valence-corrected chi connectivity index (χ2v) is 17.7. The number of fused-ring (bicyclic) bond motifs is 6. The standard InChI is InChI=1S/C38H54O10.12CH4/c1-16-18-8-9-19(12-18)25(16)31-32(37(45)47-36(31)44)28-22-13-20(14-23(22)34(42)48-38(3,4)5)27(28)26-17(2)21-15-24(26)29(33(40)41)30(21)35(43)46-11-7-6-10-39;;;;;;;;;;;;/h16-32,39H,6-15H2,1-5H3,(H,40,41);12*1H4. The maximum Gasteiger partial charge on any atom is 0.317 e. The first-order valence-electron chi connectivity index (χ1n) is 18.7. The van der Waals surface area contributed by atoms with Gasteiger partial charge in [-0.2, -0.15) is 0 Å². The molecule has 10 nitrogen and oxygen atoms in total. The van der Waals surface area contributed by atoms with Gasteiger partial charge in [-0.25, -0.2) is 0 Å². The Morgan fingerprint density at radius 3 is 1.67 bits per heavy atom. The van der Waals surface area contributed by atoms with Gasteiger partial charge in [0.25, 0.3) is 0 Å². The van der Waals surface area contributed by atoms with E-state index in [2.05, 4.69) is 13.8 Å². The van der Waals surface area contributed by atoms with Crippen molar-refractivity contribution in [1.82, 2.24) is 0 Å². The summed E-state index contributed by atoms with van der Waals surface area (Å²) >= 11 is 0. The second kappa shape index (κ2) is 25.6. The molecule has 0 aromatic heterocycles. The molecule has 6 saturated carbocycles. The number of cyclic esters (lactones) is 2. The van der Waals surface area contributed by atoms with E-state index in [0.29, 0.717) is 43.4 Å². The van der Waals surface area contributed by atoms with Crippen LogP contribution in [0.3, 0.4) is 0 Å². The molecule has 60 heavy (non-hydrogen) atoms. The molecule has 10 heteroatoms. The molecule has 362 valence electrons. The van der Waals surface area contributed by atoms with Crippen LogP contribution in [0, 0.1) is 101 Å². The highest BCUT2D eigenvalue weighted by Crippen LogP contribution is 2.70. The first-order valence-corrected chi connectivity index (χ1v) is 18.7. The van der Waals surface area contributed by atoms with Crippen LogP contribution in [0.5, 0.6) is 0 Å². The van der Waals surface area contributed by atoms with Crippen molar-refractivity contribution >= 4 is 29.8 Å². The predicted octanol–water partition coefficient (Wildman–Crippen LogP) is 12.4. The largest absolute Gasteiger partial charge is 0.481 e. The number of carbonyl (C=O) groups is 5. The van der Waals surface area contributed by atoms with Crippen molar-refractivity contribution in [3.05, 3.63) is 0 Å². The maximum absolute atomic E-state index is 14.0. The highest BCUT2D eigenvalue weighted by molar-refractivity contribution is 5.97. The lowest BCUT2D eigenvalue weighted by atomic mass is 9.54. The van der Waals surface area contributed by atoms with Gasteiger partial charge in [0.2, 0.25) is 0 Å². The fourth-order valence-electron chi connectivity index (χ4n) is 13.3. The number of hydrogen-bond donors (Lipinski definition) is 2. The Morgan fingerprint density at radius 1 is 0.617 bits per heavy atom. The molecule has 7 aliphatic rings. The van der Waals surface area contributed by atoms with Crippen molar-refractivity contribution < 1.29 is 48.4 Å². The summed E-state index contributed by atoms with van der Waals surface area (Å²) in [5, 5.41) is 19.7. The van der Waals surface area contributed by atoms with E-state index in [9.17, 15) is 29.1 Å². The molecular weight excluding hydrogens is 761 g/mol. The van der Waals surface area contributed by atoms with E-state index in [-0.39, 0.29) is 167 Å². The van der Waals surface area contributed by atoms with Crippen LogP contribution in [0.4, 0.5) is 0 Å². The molecule has 0 aromatic rings. The Bertz CT molecular complexity index is 1340. The van der Waals surface area contributed by atoms with Gasteiger partial charge in [-0.3, -0.25) is 24.0 Å². The number of carboxylic acid groups (broad SMARTS) is 1. The lowest BCUT2D eigenvalue weighted by molar-refractivity contribution is -0.169. The Morgan fingerprint density at radius 2 is 1.17 bits per heavy atom. The van der Waals surface area contributed by atoms with Crippen LogP contribution in [0.1, 0.15) is 175 Å². The fraction of sp³-hybridized carbons (Fsp3) is 0.900. The van der Waals surface area contributed by atoms with E-state index >= 15 is 0 Å². The summed E-state index contributed by atoms with van der Waals surface area (Å²) in [6.07, 6.45) is 6.30. The number of aliphatic hydroxyl groups is 1. The molecule has 1 saturated heterocycles. The third-order valence-electron chi connectivity index (χ3n) is 14.6. The van der Waals surface area contributed by atoms with Crippen LogP contribution in [0.2, 0.25) is 0 Å². The van der Waals surface area contributed by atoms with Gasteiger partial charge in [0.1, 0.15) is 5.60 Å². The van der Waals surface area contributed by atoms with Gasteiger partial charge >= 0.3 is 29.8 Å². The molecule has 7 fully saturated rings. The zero-order valence-corrected chi connectivity index (χ0v) is 29.0. The molecular formula is C50H102O10. The molecule has 6 bridgehead atoms. The Kier molecular flexibility index (Phi) is 29.5. The summed E-state index contributed by atoms with van der Waals surface area (Å²) in [5.74, 6) is -5.38. The summed E-state index contributed by atoms with van der Waals surface area (Å²) < 4.78 is 17.0. The van der Waals surface area contributed by atoms with E-state index in [4.69, 9.17) is 19.3 Å². The average molecular weight is 863 g/mol. The van der Waals surface area contributed by atoms with Crippen molar-refractivity contribution in [2.75, 3.05) is 13.2 Å². The first kappa shape index (κ1) is 69.2. The van der Waals surface area contributed by atoms with E-state index < -0.39 is 53.1 Å². The van der Waals surface area contributed by atoms with Crippen LogP contribution in [-0.4, -0.2) is 58.9 Å². The minimum absolute atomic E-state index is 0. The molecule has 7 rings (SSSR count). The van der Waals surface area contributed by atoms with Crippen molar-refractivity contribution in [3.8, 4) is 0 Å². The van der Waals surface area contributed by atoms with Crippen LogP contribution >= 0.6 is 0 Å². The molecule has 0 radical (unpaired) electrons. The highest BCUT2D eigenvalue weighted by Gasteiger charge is 2.71. The predicted molar refractivity (Wildman–Crippen MR) is 251 cm³/mol. The summed E-state index contributed by atoms with van der Waals surface area (Å²) in [4.78, 5) is 67.7. The number of ether oxygens (including phenoxy) is 3. The number of aliphatic carboxylic acids is 1.